The third-order valence-electron chi connectivity index (χ3n) is 2.40. The Balaban J connectivity index is 3.80. The third-order valence-corrected chi connectivity index (χ3v) is 2.40. The molecular weight excluding hydrogens is 152 g/mol. The van der Waals surface area contributed by atoms with Gasteiger partial charge in [-0.25, -0.2) is 0 Å². The van der Waals surface area contributed by atoms with Crippen molar-refractivity contribution in [2.75, 3.05) is 0 Å². The first-order valence-corrected chi connectivity index (χ1v) is 4.58. The molecule has 74 valence electrons. The monoisotopic (exact) mass is 174 g/mol. The van der Waals surface area contributed by atoms with Crippen LogP contribution in [0.25, 0.3) is 0 Å². The molecule has 2 N–H and O–H groups in total. The lowest BCUT2D eigenvalue weighted by molar-refractivity contribution is 0.00354. The Morgan fingerprint density at radius 3 is 1.75 bits per heavy atom. The van der Waals surface area contributed by atoms with Crippen molar-refractivity contribution < 1.29 is 10.2 Å². The summed E-state index contributed by atoms with van der Waals surface area (Å²) in [5.41, 5.74) is -1.25. The van der Waals surface area contributed by atoms with Crippen LogP contribution in [0.15, 0.2) is 0 Å². The van der Waals surface area contributed by atoms with Crippen molar-refractivity contribution in [3.05, 3.63) is 0 Å². The van der Waals surface area contributed by atoms with E-state index in [1.165, 1.54) is 0 Å². The normalized spacial score (nSPS) is 16.2. The highest BCUT2D eigenvalue weighted by Gasteiger charge is 2.24. The topological polar surface area (TPSA) is 40.5 Å². The van der Waals surface area contributed by atoms with Gasteiger partial charge in [0.1, 0.15) is 0 Å². The zero-order chi connectivity index (χ0) is 9.99. The summed E-state index contributed by atoms with van der Waals surface area (Å²) >= 11 is 0. The second-order valence-electron chi connectivity index (χ2n) is 4.91. The van der Waals surface area contributed by atoms with E-state index in [-0.39, 0.29) is 5.92 Å². The van der Waals surface area contributed by atoms with Gasteiger partial charge in [-0.1, -0.05) is 6.92 Å². The van der Waals surface area contributed by atoms with Gasteiger partial charge in [-0.2, -0.15) is 0 Å². The van der Waals surface area contributed by atoms with Crippen LogP contribution < -0.4 is 0 Å². The summed E-state index contributed by atoms with van der Waals surface area (Å²) in [4.78, 5) is 0. The standard InChI is InChI=1S/C10H22O2/c1-8(10(4,5)12)6-7-9(2,3)11/h8,11-12H,6-7H2,1-5H3. The Morgan fingerprint density at radius 2 is 1.50 bits per heavy atom. The van der Waals surface area contributed by atoms with Crippen LogP contribution in [-0.4, -0.2) is 21.4 Å². The van der Waals surface area contributed by atoms with Gasteiger partial charge in [0.05, 0.1) is 11.2 Å². The second kappa shape index (κ2) is 3.75. The summed E-state index contributed by atoms with van der Waals surface area (Å²) in [7, 11) is 0. The van der Waals surface area contributed by atoms with Crippen LogP contribution in [0.5, 0.6) is 0 Å². The largest absolute Gasteiger partial charge is 0.390 e. The first kappa shape index (κ1) is 11.9. The van der Waals surface area contributed by atoms with Gasteiger partial charge < -0.3 is 10.2 Å². The highest BCUT2D eigenvalue weighted by atomic mass is 16.3. The van der Waals surface area contributed by atoms with E-state index in [1.807, 2.05) is 20.8 Å². The molecule has 0 heterocycles. The van der Waals surface area contributed by atoms with Crippen molar-refractivity contribution in [2.24, 2.45) is 5.92 Å². The maximum Gasteiger partial charge on any atom is 0.0617 e. The summed E-state index contributed by atoms with van der Waals surface area (Å²) in [6, 6.07) is 0. The predicted molar refractivity (Wildman–Crippen MR) is 51.0 cm³/mol. The Labute approximate surface area is 75.6 Å². The van der Waals surface area contributed by atoms with E-state index in [9.17, 15) is 10.2 Å². The lowest BCUT2D eigenvalue weighted by Crippen LogP contribution is -2.30. The molecule has 2 heteroatoms. The van der Waals surface area contributed by atoms with Crippen molar-refractivity contribution in [3.8, 4) is 0 Å². The maximum absolute atomic E-state index is 9.60. The minimum atomic E-state index is -0.634. The van der Waals surface area contributed by atoms with Gasteiger partial charge in [-0.05, 0) is 46.5 Å². The Kier molecular flexibility index (Phi) is 3.73. The zero-order valence-electron chi connectivity index (χ0n) is 8.89. The molecule has 0 saturated heterocycles. The molecule has 0 aromatic rings. The Hall–Kier alpha value is -0.0800. The molecule has 0 aromatic heterocycles. The van der Waals surface area contributed by atoms with Gasteiger partial charge in [0.25, 0.3) is 0 Å². The molecule has 0 aliphatic rings. The molecule has 2 nitrogen and oxygen atoms in total. The third kappa shape index (κ3) is 5.56. The zero-order valence-corrected chi connectivity index (χ0v) is 8.89. The van der Waals surface area contributed by atoms with Crippen molar-refractivity contribution in [1.82, 2.24) is 0 Å². The number of rotatable bonds is 4. The maximum atomic E-state index is 9.60. The van der Waals surface area contributed by atoms with Gasteiger partial charge in [-0.15, -0.1) is 0 Å². The molecule has 0 saturated carbocycles. The van der Waals surface area contributed by atoms with Crippen molar-refractivity contribution in [1.29, 1.82) is 0 Å². The molecule has 0 rings (SSSR count). The number of hydrogen-bond donors (Lipinski definition) is 2. The molecule has 0 aliphatic carbocycles. The summed E-state index contributed by atoms with van der Waals surface area (Å²) in [5, 5.41) is 19.1. The first-order valence-electron chi connectivity index (χ1n) is 4.58. The molecule has 12 heavy (non-hydrogen) atoms. The quantitative estimate of drug-likeness (QED) is 0.684. The van der Waals surface area contributed by atoms with E-state index in [0.29, 0.717) is 0 Å². The van der Waals surface area contributed by atoms with Crippen LogP contribution >= 0.6 is 0 Å². The van der Waals surface area contributed by atoms with Crippen LogP contribution in [0.3, 0.4) is 0 Å². The van der Waals surface area contributed by atoms with Crippen LogP contribution in [0.1, 0.15) is 47.5 Å². The second-order valence-corrected chi connectivity index (χ2v) is 4.91. The van der Waals surface area contributed by atoms with E-state index in [2.05, 4.69) is 0 Å². The van der Waals surface area contributed by atoms with Gasteiger partial charge in [-0.3, -0.25) is 0 Å². The number of aliphatic hydroxyl groups is 2. The van der Waals surface area contributed by atoms with Crippen LogP contribution in [0.2, 0.25) is 0 Å². The minimum Gasteiger partial charge on any atom is -0.390 e. The van der Waals surface area contributed by atoms with E-state index in [0.717, 1.165) is 12.8 Å². The Bertz CT molecular complexity index is 128. The van der Waals surface area contributed by atoms with Gasteiger partial charge in [0, 0.05) is 0 Å². The summed E-state index contributed by atoms with van der Waals surface area (Å²) < 4.78 is 0. The fourth-order valence-electron chi connectivity index (χ4n) is 0.923. The molecule has 0 radical (unpaired) electrons. The van der Waals surface area contributed by atoms with Gasteiger partial charge in [0.2, 0.25) is 0 Å². The molecule has 1 atom stereocenters. The smallest absolute Gasteiger partial charge is 0.0617 e. The van der Waals surface area contributed by atoms with Crippen LogP contribution in [0, 0.1) is 5.92 Å². The fourth-order valence-corrected chi connectivity index (χ4v) is 0.923. The predicted octanol–water partition coefficient (Wildman–Crippen LogP) is 1.94. The van der Waals surface area contributed by atoms with Gasteiger partial charge in [0.15, 0.2) is 0 Å². The van der Waals surface area contributed by atoms with E-state index in [1.54, 1.807) is 13.8 Å². The molecular formula is C10H22O2. The number of hydrogen-bond acceptors (Lipinski definition) is 2. The van der Waals surface area contributed by atoms with Crippen molar-refractivity contribution in [2.45, 2.75) is 58.7 Å². The first-order chi connectivity index (χ1) is 5.13. The summed E-state index contributed by atoms with van der Waals surface area (Å²) in [6.07, 6.45) is 1.59. The lowest BCUT2D eigenvalue weighted by atomic mass is 9.86. The summed E-state index contributed by atoms with van der Waals surface area (Å²) in [5.74, 6) is 0.226. The molecule has 0 spiro atoms. The van der Waals surface area contributed by atoms with Gasteiger partial charge >= 0.3 is 0 Å². The SMILES string of the molecule is CC(CCC(C)(C)O)C(C)(C)O. The Morgan fingerprint density at radius 1 is 1.08 bits per heavy atom. The average molecular weight is 174 g/mol. The van der Waals surface area contributed by atoms with Crippen LogP contribution in [-0.2, 0) is 0 Å². The van der Waals surface area contributed by atoms with E-state index >= 15 is 0 Å². The summed E-state index contributed by atoms with van der Waals surface area (Å²) in [6.45, 7) is 9.21. The average Bonchev–Trinajstić information content (AvgIpc) is 1.78. The molecule has 1 unspecified atom stereocenters. The van der Waals surface area contributed by atoms with Crippen molar-refractivity contribution in [3.63, 3.8) is 0 Å². The lowest BCUT2D eigenvalue weighted by Gasteiger charge is -2.28. The molecule has 0 aliphatic heterocycles. The highest BCUT2D eigenvalue weighted by Crippen LogP contribution is 2.24. The molecule has 0 aromatic carbocycles. The van der Waals surface area contributed by atoms with E-state index in [4.69, 9.17) is 0 Å². The molecule has 0 fully saturated rings. The molecule has 0 amide bonds. The molecule has 0 bridgehead atoms. The van der Waals surface area contributed by atoms with Crippen molar-refractivity contribution >= 4 is 0 Å². The van der Waals surface area contributed by atoms with Crippen LogP contribution in [0.4, 0.5) is 0 Å². The minimum absolute atomic E-state index is 0.226. The van der Waals surface area contributed by atoms with E-state index < -0.39 is 11.2 Å². The highest BCUT2D eigenvalue weighted by molar-refractivity contribution is 4.76. The fraction of sp³-hybridized carbons (Fsp3) is 1.00.